The number of aryl methyl sites for hydroxylation is 1. The summed E-state index contributed by atoms with van der Waals surface area (Å²) in [6.07, 6.45) is 3.90. The molecule has 1 N–H and O–H groups in total. The van der Waals surface area contributed by atoms with Gasteiger partial charge < -0.3 is 14.4 Å². The van der Waals surface area contributed by atoms with Crippen molar-refractivity contribution in [3.8, 4) is 0 Å². The summed E-state index contributed by atoms with van der Waals surface area (Å²) in [7, 11) is 0. The molecule has 2 aromatic rings. The van der Waals surface area contributed by atoms with E-state index in [1.807, 2.05) is 49.1 Å². The van der Waals surface area contributed by atoms with E-state index in [1.54, 1.807) is 0 Å². The van der Waals surface area contributed by atoms with Gasteiger partial charge >= 0.3 is 5.97 Å². The predicted octanol–water partition coefficient (Wildman–Crippen LogP) is 4.54. The average molecular weight is 355 g/mol. The summed E-state index contributed by atoms with van der Waals surface area (Å²) in [5, 5.41) is 9.33. The minimum atomic E-state index is -1.06. The number of furan rings is 1. The summed E-state index contributed by atoms with van der Waals surface area (Å²) in [5.74, 6) is -0.343. The van der Waals surface area contributed by atoms with Gasteiger partial charge in [0.25, 0.3) is 5.91 Å². The lowest BCUT2D eigenvalue weighted by molar-refractivity contribution is 0.0579. The molecule has 1 saturated carbocycles. The first-order valence-corrected chi connectivity index (χ1v) is 9.23. The van der Waals surface area contributed by atoms with E-state index < -0.39 is 5.97 Å². The first kappa shape index (κ1) is 18.2. The number of carboxylic acids is 1. The van der Waals surface area contributed by atoms with E-state index in [0.29, 0.717) is 24.6 Å². The van der Waals surface area contributed by atoms with Gasteiger partial charge in [-0.25, -0.2) is 4.79 Å². The lowest BCUT2D eigenvalue weighted by Crippen LogP contribution is -2.39. The zero-order valence-corrected chi connectivity index (χ0v) is 15.3. The second-order valence-corrected chi connectivity index (χ2v) is 6.95. The van der Waals surface area contributed by atoms with Crippen LogP contribution in [0.15, 0.2) is 40.8 Å². The van der Waals surface area contributed by atoms with Crippen LogP contribution in [0.1, 0.15) is 71.4 Å². The number of aromatic carboxylic acids is 1. The van der Waals surface area contributed by atoms with Crippen LogP contribution in [0.2, 0.25) is 0 Å². The molecule has 5 nitrogen and oxygen atoms in total. The molecule has 138 valence electrons. The molecule has 0 radical (unpaired) electrons. The van der Waals surface area contributed by atoms with Gasteiger partial charge in [0.2, 0.25) is 0 Å². The minimum absolute atomic E-state index is 0.0757. The minimum Gasteiger partial charge on any atom is -0.478 e. The molecule has 1 amide bonds. The molecule has 0 aliphatic heterocycles. The van der Waals surface area contributed by atoms with Crippen LogP contribution in [0.4, 0.5) is 0 Å². The van der Waals surface area contributed by atoms with Crippen LogP contribution in [-0.4, -0.2) is 28.4 Å². The van der Waals surface area contributed by atoms with E-state index in [1.165, 1.54) is 12.5 Å². The topological polar surface area (TPSA) is 70.8 Å². The fourth-order valence-electron chi connectivity index (χ4n) is 3.40. The van der Waals surface area contributed by atoms with Gasteiger partial charge in [0, 0.05) is 19.0 Å². The van der Waals surface area contributed by atoms with Crippen LogP contribution in [0, 0.1) is 5.92 Å². The van der Waals surface area contributed by atoms with Crippen molar-refractivity contribution in [3.63, 3.8) is 0 Å². The summed E-state index contributed by atoms with van der Waals surface area (Å²) in [6.45, 7) is 4.49. The van der Waals surface area contributed by atoms with Gasteiger partial charge in [0.1, 0.15) is 11.3 Å². The summed E-state index contributed by atoms with van der Waals surface area (Å²) in [6, 6.07) is 11.2. The van der Waals surface area contributed by atoms with Gasteiger partial charge in [0.05, 0.1) is 6.04 Å². The Bertz CT molecular complexity index is 777. The summed E-state index contributed by atoms with van der Waals surface area (Å²) in [4.78, 5) is 26.4. The van der Waals surface area contributed by atoms with E-state index in [9.17, 15) is 14.7 Å². The third-order valence-electron chi connectivity index (χ3n) is 5.26. The zero-order valence-electron chi connectivity index (χ0n) is 15.3. The van der Waals surface area contributed by atoms with E-state index in [-0.39, 0.29) is 23.3 Å². The molecule has 1 heterocycles. The Morgan fingerprint density at radius 2 is 1.96 bits per heavy atom. The number of hydrogen-bond acceptors (Lipinski definition) is 3. The Labute approximate surface area is 153 Å². The van der Waals surface area contributed by atoms with Gasteiger partial charge in [-0.1, -0.05) is 43.7 Å². The maximum absolute atomic E-state index is 13.2. The predicted molar refractivity (Wildman–Crippen MR) is 98.3 cm³/mol. The van der Waals surface area contributed by atoms with Gasteiger partial charge in [0.15, 0.2) is 5.76 Å². The van der Waals surface area contributed by atoms with Crippen molar-refractivity contribution in [2.45, 2.75) is 45.6 Å². The third kappa shape index (κ3) is 3.66. The highest BCUT2D eigenvalue weighted by atomic mass is 16.4. The number of benzene rings is 1. The van der Waals surface area contributed by atoms with Gasteiger partial charge in [-0.3, -0.25) is 4.79 Å². The lowest BCUT2D eigenvalue weighted by Gasteiger charge is -2.35. The Hall–Kier alpha value is -2.56. The van der Waals surface area contributed by atoms with Crippen LogP contribution in [-0.2, 0) is 6.42 Å². The largest absolute Gasteiger partial charge is 0.478 e. The molecular formula is C21H25NO4. The SMILES string of the molecule is CCc1oc(C(=O)N(CC2CCC2)C(C)c2ccccc2)cc1C(=O)O. The van der Waals surface area contributed by atoms with Crippen LogP contribution >= 0.6 is 0 Å². The fraction of sp³-hybridized carbons (Fsp3) is 0.429. The summed E-state index contributed by atoms with van der Waals surface area (Å²) >= 11 is 0. The van der Waals surface area contributed by atoms with Crippen molar-refractivity contribution in [2.75, 3.05) is 6.54 Å². The first-order valence-electron chi connectivity index (χ1n) is 9.23. The Kier molecular flexibility index (Phi) is 5.45. The Morgan fingerprint density at radius 3 is 2.46 bits per heavy atom. The number of carboxylic acid groups (broad SMARTS) is 1. The van der Waals surface area contributed by atoms with Gasteiger partial charge in [-0.15, -0.1) is 0 Å². The Balaban J connectivity index is 1.90. The fourth-order valence-corrected chi connectivity index (χ4v) is 3.40. The number of carbonyl (C=O) groups is 2. The maximum atomic E-state index is 13.2. The van der Waals surface area contributed by atoms with E-state index in [0.717, 1.165) is 18.4 Å². The standard InChI is InChI=1S/C21H25NO4/c1-3-18-17(21(24)25)12-19(26-18)20(23)22(13-15-8-7-9-15)14(2)16-10-5-4-6-11-16/h4-6,10-12,14-15H,3,7-9,13H2,1-2H3,(H,24,25). The Morgan fingerprint density at radius 1 is 1.27 bits per heavy atom. The smallest absolute Gasteiger partial charge is 0.339 e. The van der Waals surface area contributed by atoms with Crippen molar-refractivity contribution in [1.82, 2.24) is 4.90 Å². The average Bonchev–Trinajstić information content (AvgIpc) is 3.05. The highest BCUT2D eigenvalue weighted by molar-refractivity contribution is 5.96. The van der Waals surface area contributed by atoms with Crippen molar-refractivity contribution in [3.05, 3.63) is 59.0 Å². The van der Waals surface area contributed by atoms with Crippen LogP contribution < -0.4 is 0 Å². The number of carbonyl (C=O) groups excluding carboxylic acids is 1. The molecule has 1 atom stereocenters. The van der Waals surface area contributed by atoms with Crippen molar-refractivity contribution >= 4 is 11.9 Å². The molecule has 1 aromatic heterocycles. The normalized spacial score (nSPS) is 15.3. The molecule has 0 bridgehead atoms. The summed E-state index contributed by atoms with van der Waals surface area (Å²) in [5.41, 5.74) is 1.13. The number of amides is 1. The summed E-state index contributed by atoms with van der Waals surface area (Å²) < 4.78 is 5.62. The van der Waals surface area contributed by atoms with E-state index in [4.69, 9.17) is 4.42 Å². The number of hydrogen-bond donors (Lipinski definition) is 1. The number of nitrogens with zero attached hydrogens (tertiary/aromatic N) is 1. The molecule has 5 heteroatoms. The van der Waals surface area contributed by atoms with E-state index >= 15 is 0 Å². The van der Waals surface area contributed by atoms with Crippen molar-refractivity contribution in [1.29, 1.82) is 0 Å². The monoisotopic (exact) mass is 355 g/mol. The molecule has 1 unspecified atom stereocenters. The third-order valence-corrected chi connectivity index (χ3v) is 5.26. The van der Waals surface area contributed by atoms with Crippen molar-refractivity contribution in [2.24, 2.45) is 5.92 Å². The van der Waals surface area contributed by atoms with Gasteiger partial charge in [-0.05, 0) is 31.2 Å². The zero-order chi connectivity index (χ0) is 18.7. The quantitative estimate of drug-likeness (QED) is 0.791. The van der Waals surface area contributed by atoms with E-state index in [2.05, 4.69) is 0 Å². The van der Waals surface area contributed by atoms with Gasteiger partial charge in [-0.2, -0.15) is 0 Å². The highest BCUT2D eigenvalue weighted by Crippen LogP contribution is 2.32. The lowest BCUT2D eigenvalue weighted by atomic mass is 9.84. The van der Waals surface area contributed by atoms with Crippen LogP contribution in [0.5, 0.6) is 0 Å². The van der Waals surface area contributed by atoms with Crippen molar-refractivity contribution < 1.29 is 19.1 Å². The molecule has 0 saturated heterocycles. The molecule has 1 aliphatic carbocycles. The molecule has 1 aromatic carbocycles. The second-order valence-electron chi connectivity index (χ2n) is 6.95. The van der Waals surface area contributed by atoms with Crippen LogP contribution in [0.25, 0.3) is 0 Å². The second kappa shape index (κ2) is 7.77. The maximum Gasteiger partial charge on any atom is 0.339 e. The first-order chi connectivity index (χ1) is 12.5. The molecule has 26 heavy (non-hydrogen) atoms. The van der Waals surface area contributed by atoms with Crippen LogP contribution in [0.3, 0.4) is 0 Å². The molecule has 0 spiro atoms. The molecule has 1 fully saturated rings. The molecule has 3 rings (SSSR count). The highest BCUT2D eigenvalue weighted by Gasteiger charge is 2.31. The molecule has 1 aliphatic rings. The number of rotatable bonds is 7. The molecular weight excluding hydrogens is 330 g/mol.